The Morgan fingerprint density at radius 1 is 0.611 bits per heavy atom. The molecule has 0 saturated heterocycles. The lowest BCUT2D eigenvalue weighted by Crippen LogP contribution is -2.13. The molecule has 10 heteroatoms. The van der Waals surface area contributed by atoms with Crippen molar-refractivity contribution in [1.29, 1.82) is 0 Å². The molecule has 0 spiro atoms. The molecule has 2 aromatic carbocycles. The van der Waals surface area contributed by atoms with Gasteiger partial charge in [0.1, 0.15) is 22.1 Å². The number of fused-ring (bicyclic) bond motifs is 5. The van der Waals surface area contributed by atoms with Gasteiger partial charge in [-0.05, 0) is 58.4 Å². The lowest BCUT2D eigenvalue weighted by molar-refractivity contribution is 0.0488. The summed E-state index contributed by atoms with van der Waals surface area (Å²) in [7, 11) is 0. The number of aromatic nitrogens is 4. The normalized spacial score (nSPS) is 11.6. The number of rotatable bonds is 12. The van der Waals surface area contributed by atoms with E-state index < -0.39 is 11.9 Å². The van der Waals surface area contributed by atoms with Crippen molar-refractivity contribution in [2.24, 2.45) is 0 Å². The summed E-state index contributed by atoms with van der Waals surface area (Å²) in [4.78, 5) is 26.8. The summed E-state index contributed by atoms with van der Waals surface area (Å²) in [6, 6.07) is 0. The van der Waals surface area contributed by atoms with Gasteiger partial charge in [0.15, 0.2) is 0 Å². The molecule has 0 N–H and O–H groups in total. The van der Waals surface area contributed by atoms with Crippen molar-refractivity contribution in [3.05, 3.63) is 22.3 Å². The number of nitrogens with zero attached hydrogens (tertiary/aromatic N) is 4. The van der Waals surface area contributed by atoms with Crippen molar-refractivity contribution in [1.82, 2.24) is 20.6 Å². The monoisotopic (exact) mass is 496 g/mol. The van der Waals surface area contributed by atoms with E-state index in [1.54, 1.807) is 13.8 Å². The number of carbonyl (C=O) groups excluding carboxylic acids is 2. The Morgan fingerprint density at radius 3 is 1.39 bits per heavy atom. The Morgan fingerprint density at radius 2 is 1.00 bits per heavy atom. The largest absolute Gasteiger partial charge is 0.462 e. The first-order chi connectivity index (χ1) is 17.5. The smallest absolute Gasteiger partial charge is 0.339 e. The molecule has 0 aliphatic carbocycles. The number of aryl methyl sites for hydroxylation is 2. The molecule has 0 atom stereocenters. The second kappa shape index (κ2) is 11.5. The van der Waals surface area contributed by atoms with Crippen molar-refractivity contribution in [3.8, 4) is 0 Å². The van der Waals surface area contributed by atoms with Gasteiger partial charge in [0.05, 0.1) is 24.3 Å². The van der Waals surface area contributed by atoms with E-state index in [1.165, 1.54) is 0 Å². The van der Waals surface area contributed by atoms with E-state index in [0.717, 1.165) is 51.4 Å². The van der Waals surface area contributed by atoms with E-state index in [9.17, 15) is 9.59 Å². The molecule has 0 radical (unpaired) electrons. The lowest BCUT2D eigenvalue weighted by Gasteiger charge is -2.15. The molecule has 2 heterocycles. The molecular weight excluding hydrogens is 464 g/mol. The van der Waals surface area contributed by atoms with Gasteiger partial charge in [0.25, 0.3) is 0 Å². The minimum atomic E-state index is -0.536. The molecule has 0 bridgehead atoms. The molecule has 0 aliphatic rings. The number of esters is 2. The SMILES string of the molecule is CCCCCCOC(=O)c1c(C)c2nonc2c2c(C(=O)OCCCCCC)c(C)c3nonc3c12. The highest BCUT2D eigenvalue weighted by molar-refractivity contribution is 6.28. The van der Waals surface area contributed by atoms with Crippen LogP contribution in [0, 0.1) is 13.8 Å². The Balaban J connectivity index is 1.86. The maximum Gasteiger partial charge on any atom is 0.339 e. The van der Waals surface area contributed by atoms with Gasteiger partial charge < -0.3 is 9.47 Å². The van der Waals surface area contributed by atoms with Gasteiger partial charge in [0.2, 0.25) is 0 Å². The zero-order chi connectivity index (χ0) is 25.7. The summed E-state index contributed by atoms with van der Waals surface area (Å²) < 4.78 is 21.4. The van der Waals surface area contributed by atoms with Gasteiger partial charge in [0, 0.05) is 10.8 Å². The Hall–Kier alpha value is -3.56. The molecule has 0 unspecified atom stereocenters. The van der Waals surface area contributed by atoms with Crippen LogP contribution in [0.15, 0.2) is 9.26 Å². The molecule has 4 rings (SSSR count). The van der Waals surface area contributed by atoms with Gasteiger partial charge in [-0.15, -0.1) is 0 Å². The Labute approximate surface area is 208 Å². The minimum Gasteiger partial charge on any atom is -0.462 e. The Bertz CT molecular complexity index is 1280. The lowest BCUT2D eigenvalue weighted by atomic mass is 9.90. The van der Waals surface area contributed by atoms with Crippen LogP contribution in [-0.4, -0.2) is 45.8 Å². The summed E-state index contributed by atoms with van der Waals surface area (Å²) in [5, 5.41) is 16.9. The van der Waals surface area contributed by atoms with Crippen LogP contribution in [0.4, 0.5) is 0 Å². The standard InChI is InChI=1S/C26H32N4O6/c1-5-7-9-11-13-33-25(31)17-15(3)21-24(30-35-27-21)20-18(26(32)34-14-12-10-8-6-2)16(4)22-23(19(17)20)29-36-28-22/h5-14H2,1-4H3. The van der Waals surface area contributed by atoms with E-state index in [4.69, 9.17) is 18.7 Å². The van der Waals surface area contributed by atoms with Crippen LogP contribution in [0.2, 0.25) is 0 Å². The summed E-state index contributed by atoms with van der Waals surface area (Å²) in [5.41, 5.74) is 2.93. The maximum atomic E-state index is 13.4. The van der Waals surface area contributed by atoms with Crippen LogP contribution in [0.5, 0.6) is 0 Å². The topological polar surface area (TPSA) is 130 Å². The van der Waals surface area contributed by atoms with E-state index >= 15 is 0 Å². The van der Waals surface area contributed by atoms with Gasteiger partial charge in [-0.25, -0.2) is 18.8 Å². The molecule has 36 heavy (non-hydrogen) atoms. The van der Waals surface area contributed by atoms with Crippen LogP contribution in [0.3, 0.4) is 0 Å². The average molecular weight is 497 g/mol. The van der Waals surface area contributed by atoms with Gasteiger partial charge in [-0.2, -0.15) is 0 Å². The molecule has 10 nitrogen and oxygen atoms in total. The maximum absolute atomic E-state index is 13.4. The first kappa shape index (κ1) is 25.5. The van der Waals surface area contributed by atoms with Crippen LogP contribution in [0.1, 0.15) is 97.1 Å². The second-order valence-corrected chi connectivity index (χ2v) is 9.07. The number of benzene rings is 2. The zero-order valence-corrected chi connectivity index (χ0v) is 21.3. The van der Waals surface area contributed by atoms with Crippen LogP contribution in [0.25, 0.3) is 32.8 Å². The molecule has 2 aromatic heterocycles. The van der Waals surface area contributed by atoms with Gasteiger partial charge in [-0.1, -0.05) is 52.4 Å². The zero-order valence-electron chi connectivity index (χ0n) is 21.3. The molecule has 0 fully saturated rings. The van der Waals surface area contributed by atoms with Crippen molar-refractivity contribution >= 4 is 44.8 Å². The Kier molecular flexibility index (Phi) is 8.12. The van der Waals surface area contributed by atoms with Crippen LogP contribution < -0.4 is 0 Å². The number of carbonyl (C=O) groups is 2. The number of ether oxygens (including phenoxy) is 2. The van der Waals surface area contributed by atoms with E-state index in [-0.39, 0.29) is 24.3 Å². The average Bonchev–Trinajstić information content (AvgIpc) is 3.55. The highest BCUT2D eigenvalue weighted by Gasteiger charge is 2.31. The summed E-state index contributed by atoms with van der Waals surface area (Å²) in [5.74, 6) is -1.07. The summed E-state index contributed by atoms with van der Waals surface area (Å²) in [6.45, 7) is 8.29. The van der Waals surface area contributed by atoms with E-state index in [1.807, 2.05) is 0 Å². The van der Waals surface area contributed by atoms with Crippen molar-refractivity contribution in [2.75, 3.05) is 13.2 Å². The summed E-state index contributed by atoms with van der Waals surface area (Å²) in [6.07, 6.45) is 7.79. The van der Waals surface area contributed by atoms with Crippen molar-refractivity contribution in [3.63, 3.8) is 0 Å². The predicted octanol–water partition coefficient (Wildman–Crippen LogP) is 6.00. The minimum absolute atomic E-state index is 0.237. The highest BCUT2D eigenvalue weighted by Crippen LogP contribution is 2.39. The van der Waals surface area contributed by atoms with Gasteiger partial charge in [-0.3, -0.25) is 0 Å². The van der Waals surface area contributed by atoms with E-state index in [0.29, 0.717) is 44.0 Å². The molecular formula is C26H32N4O6. The van der Waals surface area contributed by atoms with E-state index in [2.05, 4.69) is 34.5 Å². The third kappa shape index (κ3) is 4.76. The van der Waals surface area contributed by atoms with Gasteiger partial charge >= 0.3 is 11.9 Å². The molecule has 192 valence electrons. The van der Waals surface area contributed by atoms with Crippen molar-refractivity contribution < 1.29 is 28.3 Å². The fraction of sp³-hybridized carbons (Fsp3) is 0.538. The fourth-order valence-electron chi connectivity index (χ4n) is 4.57. The summed E-state index contributed by atoms with van der Waals surface area (Å²) >= 11 is 0. The first-order valence-corrected chi connectivity index (χ1v) is 12.7. The van der Waals surface area contributed by atoms with Crippen molar-refractivity contribution in [2.45, 2.75) is 79.1 Å². The molecule has 0 saturated carbocycles. The number of hydrogen-bond acceptors (Lipinski definition) is 10. The highest BCUT2D eigenvalue weighted by atomic mass is 16.6. The second-order valence-electron chi connectivity index (χ2n) is 9.07. The fourth-order valence-corrected chi connectivity index (χ4v) is 4.57. The molecule has 0 aliphatic heterocycles. The number of hydrogen-bond donors (Lipinski definition) is 0. The number of unbranched alkanes of at least 4 members (excludes halogenated alkanes) is 6. The first-order valence-electron chi connectivity index (χ1n) is 12.7. The predicted molar refractivity (Wildman–Crippen MR) is 133 cm³/mol. The van der Waals surface area contributed by atoms with Crippen LogP contribution in [-0.2, 0) is 9.47 Å². The third-order valence-electron chi connectivity index (χ3n) is 6.53. The molecule has 0 amide bonds. The third-order valence-corrected chi connectivity index (χ3v) is 6.53. The van der Waals surface area contributed by atoms with Crippen LogP contribution >= 0.6 is 0 Å². The molecule has 4 aromatic rings. The quantitative estimate of drug-likeness (QED) is 0.170.